The molecule has 0 radical (unpaired) electrons. The number of esters is 2. The van der Waals surface area contributed by atoms with Crippen LogP contribution in [0.2, 0.25) is 0 Å². The number of fused-ring (bicyclic) bond motifs is 2. The Morgan fingerprint density at radius 3 is 1.39 bits per heavy atom. The summed E-state index contributed by atoms with van der Waals surface area (Å²) in [6.45, 7) is 0. The first-order chi connectivity index (χ1) is 17.5. The van der Waals surface area contributed by atoms with Crippen LogP contribution in [0.1, 0.15) is 20.7 Å². The van der Waals surface area contributed by atoms with Crippen LogP contribution < -0.4 is 9.47 Å². The van der Waals surface area contributed by atoms with Crippen molar-refractivity contribution in [2.75, 3.05) is 14.2 Å². The third-order valence-electron chi connectivity index (χ3n) is 5.63. The van der Waals surface area contributed by atoms with E-state index in [4.69, 9.17) is 18.9 Å². The molecule has 0 N–H and O–H groups in total. The number of pyridine rings is 1. The Hall–Kier alpha value is -4.91. The molecule has 0 amide bonds. The maximum atomic E-state index is 11.8. The Kier molecular flexibility index (Phi) is 6.19. The van der Waals surface area contributed by atoms with Crippen LogP contribution in [-0.2, 0) is 9.47 Å². The van der Waals surface area contributed by atoms with Crippen LogP contribution in [0.3, 0.4) is 0 Å². The molecule has 0 unspecified atom stereocenters. The van der Waals surface area contributed by atoms with Gasteiger partial charge in [0.15, 0.2) is 0 Å². The highest BCUT2D eigenvalue weighted by atomic mass is 16.5. The molecule has 0 aliphatic heterocycles. The van der Waals surface area contributed by atoms with Crippen LogP contribution in [0.25, 0.3) is 21.5 Å². The first-order valence-electron chi connectivity index (χ1n) is 11.1. The van der Waals surface area contributed by atoms with Gasteiger partial charge in [0, 0.05) is 6.07 Å². The van der Waals surface area contributed by atoms with Crippen LogP contribution in [-0.4, -0.2) is 31.1 Å². The molecule has 0 aliphatic carbocycles. The second-order valence-corrected chi connectivity index (χ2v) is 7.99. The van der Waals surface area contributed by atoms with Crippen LogP contribution >= 0.6 is 0 Å². The zero-order valence-electron chi connectivity index (χ0n) is 19.6. The standard InChI is InChI=1S/C29H21NO6/c1-33-28(31)22-5-3-20-13-24(9-7-18(20)11-22)35-26-15-27(17-30-16-26)36-25-10-8-19-12-23(29(32)34-2)6-4-21(19)14-25/h3-17H,1-2H3. The van der Waals surface area contributed by atoms with Gasteiger partial charge in [-0.05, 0) is 70.1 Å². The molecule has 1 heterocycles. The minimum absolute atomic E-state index is 0.377. The van der Waals surface area contributed by atoms with Gasteiger partial charge in [0.05, 0.1) is 37.7 Å². The Labute approximate surface area is 206 Å². The largest absolute Gasteiger partial charge is 0.465 e. The van der Waals surface area contributed by atoms with E-state index in [0.29, 0.717) is 34.1 Å². The van der Waals surface area contributed by atoms with Gasteiger partial charge in [-0.15, -0.1) is 0 Å². The van der Waals surface area contributed by atoms with Gasteiger partial charge in [0.1, 0.15) is 23.0 Å². The summed E-state index contributed by atoms with van der Waals surface area (Å²) >= 11 is 0. The monoisotopic (exact) mass is 479 g/mol. The fourth-order valence-electron chi connectivity index (χ4n) is 3.85. The maximum Gasteiger partial charge on any atom is 0.337 e. The zero-order valence-corrected chi connectivity index (χ0v) is 19.6. The van der Waals surface area contributed by atoms with Gasteiger partial charge in [0.25, 0.3) is 0 Å². The molecule has 4 aromatic carbocycles. The number of aromatic nitrogens is 1. The summed E-state index contributed by atoms with van der Waals surface area (Å²) in [4.78, 5) is 27.7. The van der Waals surface area contributed by atoms with E-state index < -0.39 is 0 Å². The number of methoxy groups -OCH3 is 2. The third-order valence-corrected chi connectivity index (χ3v) is 5.63. The second-order valence-electron chi connectivity index (χ2n) is 7.99. The molecule has 0 fully saturated rings. The summed E-state index contributed by atoms with van der Waals surface area (Å²) in [5, 5.41) is 3.64. The molecule has 0 saturated heterocycles. The van der Waals surface area contributed by atoms with Gasteiger partial charge in [-0.3, -0.25) is 4.98 Å². The lowest BCUT2D eigenvalue weighted by atomic mass is 10.1. The number of carbonyl (C=O) groups is 2. The Morgan fingerprint density at radius 1 is 0.528 bits per heavy atom. The van der Waals surface area contributed by atoms with E-state index in [2.05, 4.69) is 4.98 Å². The molecule has 1 aromatic heterocycles. The topological polar surface area (TPSA) is 84.0 Å². The number of hydrogen-bond donors (Lipinski definition) is 0. The number of rotatable bonds is 6. The maximum absolute atomic E-state index is 11.8. The molecule has 178 valence electrons. The lowest BCUT2D eigenvalue weighted by Gasteiger charge is -2.10. The quantitative estimate of drug-likeness (QED) is 0.256. The number of benzene rings is 4. The van der Waals surface area contributed by atoms with E-state index >= 15 is 0 Å². The molecular formula is C29H21NO6. The molecule has 0 aliphatic rings. The lowest BCUT2D eigenvalue weighted by molar-refractivity contribution is 0.0592. The van der Waals surface area contributed by atoms with E-state index in [-0.39, 0.29) is 11.9 Å². The molecule has 5 aromatic rings. The lowest BCUT2D eigenvalue weighted by Crippen LogP contribution is -2.00. The van der Waals surface area contributed by atoms with Crippen LogP contribution in [0.4, 0.5) is 0 Å². The van der Waals surface area contributed by atoms with Crippen molar-refractivity contribution in [3.8, 4) is 23.0 Å². The van der Waals surface area contributed by atoms with Crippen LogP contribution in [0.5, 0.6) is 23.0 Å². The number of carbonyl (C=O) groups excluding carboxylic acids is 2. The van der Waals surface area contributed by atoms with E-state index in [1.165, 1.54) is 14.2 Å². The molecular weight excluding hydrogens is 458 g/mol. The van der Waals surface area contributed by atoms with E-state index in [1.54, 1.807) is 42.7 Å². The highest BCUT2D eigenvalue weighted by Crippen LogP contribution is 2.31. The first kappa shape index (κ1) is 22.9. The van der Waals surface area contributed by atoms with Gasteiger partial charge in [0.2, 0.25) is 0 Å². The fraction of sp³-hybridized carbons (Fsp3) is 0.0690. The van der Waals surface area contributed by atoms with E-state index in [0.717, 1.165) is 21.5 Å². The normalized spacial score (nSPS) is 10.7. The minimum atomic E-state index is -0.377. The predicted octanol–water partition coefficient (Wildman–Crippen LogP) is 6.55. The third kappa shape index (κ3) is 4.81. The number of nitrogens with zero attached hydrogens (tertiary/aromatic N) is 1. The zero-order chi connectivity index (χ0) is 25.1. The molecule has 0 spiro atoms. The van der Waals surface area contributed by atoms with Crippen molar-refractivity contribution in [2.45, 2.75) is 0 Å². The van der Waals surface area contributed by atoms with Gasteiger partial charge >= 0.3 is 11.9 Å². The number of ether oxygens (including phenoxy) is 4. The average Bonchev–Trinajstić information content (AvgIpc) is 2.91. The van der Waals surface area contributed by atoms with Crippen LogP contribution in [0, 0.1) is 0 Å². The SMILES string of the molecule is COC(=O)c1ccc2cc(Oc3cncc(Oc4ccc5cc(C(=O)OC)ccc5c4)c3)ccc2c1. The van der Waals surface area contributed by atoms with Crippen molar-refractivity contribution >= 4 is 33.5 Å². The van der Waals surface area contributed by atoms with Crippen molar-refractivity contribution in [3.05, 3.63) is 102 Å². The van der Waals surface area contributed by atoms with Crippen molar-refractivity contribution in [2.24, 2.45) is 0 Å². The summed E-state index contributed by atoms with van der Waals surface area (Å²) in [6, 6.07) is 23.6. The van der Waals surface area contributed by atoms with Crippen molar-refractivity contribution in [1.29, 1.82) is 0 Å². The smallest absolute Gasteiger partial charge is 0.337 e. The molecule has 36 heavy (non-hydrogen) atoms. The average molecular weight is 479 g/mol. The van der Waals surface area contributed by atoms with E-state index in [1.807, 2.05) is 48.5 Å². The molecule has 0 atom stereocenters. The minimum Gasteiger partial charge on any atom is -0.465 e. The summed E-state index contributed by atoms with van der Waals surface area (Å²) < 4.78 is 21.6. The first-order valence-corrected chi connectivity index (χ1v) is 11.1. The van der Waals surface area contributed by atoms with E-state index in [9.17, 15) is 9.59 Å². The summed E-state index contributed by atoms with van der Waals surface area (Å²) in [5.74, 6) is 1.52. The van der Waals surface area contributed by atoms with Gasteiger partial charge in [-0.1, -0.05) is 24.3 Å². The Balaban J connectivity index is 1.33. The highest BCUT2D eigenvalue weighted by Gasteiger charge is 2.09. The fourth-order valence-corrected chi connectivity index (χ4v) is 3.85. The summed E-state index contributed by atoms with van der Waals surface area (Å²) in [7, 11) is 2.72. The van der Waals surface area contributed by atoms with Crippen molar-refractivity contribution in [3.63, 3.8) is 0 Å². The molecule has 0 bridgehead atoms. The highest BCUT2D eigenvalue weighted by molar-refractivity contribution is 5.96. The summed E-state index contributed by atoms with van der Waals surface area (Å²) in [6.07, 6.45) is 3.21. The Morgan fingerprint density at radius 2 is 0.944 bits per heavy atom. The number of hydrogen-bond acceptors (Lipinski definition) is 7. The van der Waals surface area contributed by atoms with Crippen LogP contribution in [0.15, 0.2) is 91.3 Å². The van der Waals surface area contributed by atoms with Crippen molar-refractivity contribution in [1.82, 2.24) is 4.98 Å². The molecule has 0 saturated carbocycles. The predicted molar refractivity (Wildman–Crippen MR) is 135 cm³/mol. The van der Waals surface area contributed by atoms with Gasteiger partial charge in [-0.2, -0.15) is 0 Å². The van der Waals surface area contributed by atoms with Gasteiger partial charge in [-0.25, -0.2) is 9.59 Å². The van der Waals surface area contributed by atoms with Crippen molar-refractivity contribution < 1.29 is 28.5 Å². The molecule has 7 nitrogen and oxygen atoms in total. The summed E-state index contributed by atoms with van der Waals surface area (Å²) in [5.41, 5.74) is 0.982. The van der Waals surface area contributed by atoms with Gasteiger partial charge < -0.3 is 18.9 Å². The second kappa shape index (κ2) is 9.76. The Bertz CT molecular complexity index is 1490. The molecule has 7 heteroatoms. The molecule has 5 rings (SSSR count).